The normalized spacial score (nSPS) is 17.1. The van der Waals surface area contributed by atoms with E-state index in [-0.39, 0.29) is 35.2 Å². The first kappa shape index (κ1) is 29.6. The number of hydrogen-bond acceptors (Lipinski definition) is 7. The van der Waals surface area contributed by atoms with Gasteiger partial charge in [-0.1, -0.05) is 30.3 Å². The van der Waals surface area contributed by atoms with Crippen molar-refractivity contribution in [3.05, 3.63) is 35.9 Å². The van der Waals surface area contributed by atoms with E-state index >= 15 is 0 Å². The second-order valence-electron chi connectivity index (χ2n) is 12.0. The molecule has 202 valence electrons. The van der Waals surface area contributed by atoms with Gasteiger partial charge in [-0.05, 0) is 85.6 Å². The largest absolute Gasteiger partial charge is 0.460 e. The lowest BCUT2D eigenvalue weighted by atomic mass is 10.1. The molecule has 8 heteroatoms. The molecule has 3 rings (SSSR count). The molecule has 0 spiro atoms. The fourth-order valence-corrected chi connectivity index (χ4v) is 3.45. The van der Waals surface area contributed by atoms with Crippen molar-refractivity contribution in [3.63, 3.8) is 0 Å². The summed E-state index contributed by atoms with van der Waals surface area (Å²) in [5.41, 5.74) is 5.60. The summed E-state index contributed by atoms with van der Waals surface area (Å²) in [6, 6.07) is 9.53. The topological polar surface area (TPSA) is 117 Å². The molecule has 0 saturated heterocycles. The summed E-state index contributed by atoms with van der Waals surface area (Å²) < 4.78 is 15.7. The number of esters is 2. The Bertz CT molecular complexity index is 878. The predicted octanol–water partition coefficient (Wildman–Crippen LogP) is 5.17. The number of rotatable bonds is 9. The summed E-state index contributed by atoms with van der Waals surface area (Å²) in [4.78, 5) is 34.9. The van der Waals surface area contributed by atoms with Gasteiger partial charge in [0.15, 0.2) is 0 Å². The fourth-order valence-electron chi connectivity index (χ4n) is 3.45. The highest BCUT2D eigenvalue weighted by molar-refractivity contribution is 5.71. The van der Waals surface area contributed by atoms with Crippen LogP contribution in [-0.2, 0) is 30.4 Å². The number of nitrogens with two attached hydrogens (primary N) is 1. The Morgan fingerprint density at radius 2 is 1.33 bits per heavy atom. The van der Waals surface area contributed by atoms with Crippen molar-refractivity contribution >= 4 is 18.0 Å². The van der Waals surface area contributed by atoms with Crippen LogP contribution in [0.3, 0.4) is 0 Å². The number of amides is 1. The second kappa shape index (κ2) is 12.1. The second-order valence-corrected chi connectivity index (χ2v) is 12.0. The molecule has 2 aliphatic carbocycles. The van der Waals surface area contributed by atoms with Crippen LogP contribution in [0, 0.1) is 0 Å². The zero-order chi connectivity index (χ0) is 27.0. The molecule has 0 aromatic heterocycles. The Balaban J connectivity index is 0.000000297. The van der Waals surface area contributed by atoms with Gasteiger partial charge >= 0.3 is 18.0 Å². The Morgan fingerprint density at radius 3 is 1.78 bits per heavy atom. The van der Waals surface area contributed by atoms with Gasteiger partial charge < -0.3 is 25.3 Å². The van der Waals surface area contributed by atoms with Crippen molar-refractivity contribution in [2.45, 2.75) is 122 Å². The SMILES string of the molecule is CC(C)(C)OC(=O)CCC1(N)CC1.CC(C)(C)OC(=O)CCC1(NC(=O)OCc2ccccc2)CC1. The van der Waals surface area contributed by atoms with Crippen molar-refractivity contribution in [3.8, 4) is 0 Å². The molecule has 0 unspecified atom stereocenters. The lowest BCUT2D eigenvalue weighted by molar-refractivity contribution is -0.156. The number of ether oxygens (including phenoxy) is 3. The van der Waals surface area contributed by atoms with Crippen LogP contribution in [0.2, 0.25) is 0 Å². The number of hydrogen-bond donors (Lipinski definition) is 2. The lowest BCUT2D eigenvalue weighted by Gasteiger charge is -2.21. The van der Waals surface area contributed by atoms with Crippen molar-refractivity contribution in [2.24, 2.45) is 5.73 Å². The van der Waals surface area contributed by atoms with Crippen LogP contribution in [0.5, 0.6) is 0 Å². The van der Waals surface area contributed by atoms with E-state index in [0.717, 1.165) is 37.7 Å². The van der Waals surface area contributed by atoms with Crippen LogP contribution in [0.1, 0.15) is 98.5 Å². The van der Waals surface area contributed by atoms with E-state index in [2.05, 4.69) is 5.32 Å². The molecule has 0 aliphatic heterocycles. The van der Waals surface area contributed by atoms with Crippen LogP contribution in [-0.4, -0.2) is 40.3 Å². The third-order valence-corrected chi connectivity index (χ3v) is 5.80. The minimum absolute atomic E-state index is 0.0447. The van der Waals surface area contributed by atoms with Crippen molar-refractivity contribution in [2.75, 3.05) is 0 Å². The number of alkyl carbamates (subject to hydrolysis) is 1. The molecule has 1 aromatic rings. The van der Waals surface area contributed by atoms with Crippen LogP contribution < -0.4 is 11.1 Å². The zero-order valence-electron chi connectivity index (χ0n) is 22.8. The van der Waals surface area contributed by atoms with Gasteiger partial charge in [-0.2, -0.15) is 0 Å². The monoisotopic (exact) mass is 504 g/mol. The van der Waals surface area contributed by atoms with Gasteiger partial charge in [-0.15, -0.1) is 0 Å². The minimum Gasteiger partial charge on any atom is -0.460 e. The molecule has 1 aromatic carbocycles. The van der Waals surface area contributed by atoms with E-state index in [0.29, 0.717) is 19.3 Å². The van der Waals surface area contributed by atoms with Crippen LogP contribution >= 0.6 is 0 Å². The van der Waals surface area contributed by atoms with Crippen molar-refractivity contribution in [1.82, 2.24) is 5.32 Å². The minimum atomic E-state index is -0.476. The van der Waals surface area contributed by atoms with Gasteiger partial charge in [-0.3, -0.25) is 9.59 Å². The average Bonchev–Trinajstić information content (AvgIpc) is 3.67. The van der Waals surface area contributed by atoms with Gasteiger partial charge in [0.1, 0.15) is 17.8 Å². The maximum atomic E-state index is 11.9. The molecule has 1 amide bonds. The Hall–Kier alpha value is -2.61. The zero-order valence-corrected chi connectivity index (χ0v) is 22.8. The third kappa shape index (κ3) is 12.9. The first-order chi connectivity index (χ1) is 16.6. The fraction of sp³-hybridized carbons (Fsp3) is 0.679. The summed E-state index contributed by atoms with van der Waals surface area (Å²) in [7, 11) is 0. The summed E-state index contributed by atoms with van der Waals surface area (Å²) in [6.45, 7) is 11.4. The molecule has 8 nitrogen and oxygen atoms in total. The van der Waals surface area contributed by atoms with Crippen LogP contribution in [0.25, 0.3) is 0 Å². The highest BCUT2D eigenvalue weighted by Gasteiger charge is 2.44. The number of benzene rings is 1. The summed E-state index contributed by atoms with van der Waals surface area (Å²) >= 11 is 0. The Labute approximate surface area is 215 Å². The molecule has 0 bridgehead atoms. The molecular formula is C28H44N2O6. The predicted molar refractivity (Wildman–Crippen MR) is 138 cm³/mol. The maximum Gasteiger partial charge on any atom is 0.407 e. The van der Waals surface area contributed by atoms with E-state index in [4.69, 9.17) is 19.9 Å². The van der Waals surface area contributed by atoms with E-state index in [1.54, 1.807) is 0 Å². The highest BCUT2D eigenvalue weighted by atomic mass is 16.6. The van der Waals surface area contributed by atoms with Crippen LogP contribution in [0.15, 0.2) is 30.3 Å². The van der Waals surface area contributed by atoms with E-state index in [1.165, 1.54) is 0 Å². The molecule has 0 atom stereocenters. The number of carbonyl (C=O) groups excluding carboxylic acids is 3. The summed E-state index contributed by atoms with van der Waals surface area (Å²) in [6.07, 6.45) is 5.52. The first-order valence-corrected chi connectivity index (χ1v) is 12.8. The van der Waals surface area contributed by atoms with Crippen molar-refractivity contribution in [1.29, 1.82) is 0 Å². The first-order valence-electron chi connectivity index (χ1n) is 12.8. The summed E-state index contributed by atoms with van der Waals surface area (Å²) in [5, 5.41) is 2.89. The van der Waals surface area contributed by atoms with Gasteiger partial charge in [0.05, 0.1) is 0 Å². The quantitative estimate of drug-likeness (QED) is 0.352. The van der Waals surface area contributed by atoms with E-state index in [9.17, 15) is 14.4 Å². The van der Waals surface area contributed by atoms with Crippen molar-refractivity contribution < 1.29 is 28.6 Å². The number of nitrogens with one attached hydrogen (secondary N) is 1. The van der Waals surface area contributed by atoms with Gasteiger partial charge in [0, 0.05) is 23.9 Å². The maximum absolute atomic E-state index is 11.9. The number of carbonyl (C=O) groups is 3. The summed E-state index contributed by atoms with van der Waals surface area (Å²) in [5.74, 6) is -0.368. The standard InChI is InChI=1S/C18H25NO4.C10H19NO2/c1-17(2,3)23-15(20)9-10-18(11-12-18)19-16(21)22-13-14-7-5-4-6-8-14;1-9(2,3)13-8(12)4-5-10(11)6-7-10/h4-8H,9-13H2,1-3H3,(H,19,21);4-7,11H2,1-3H3. The molecule has 2 saturated carbocycles. The van der Waals surface area contributed by atoms with E-state index < -0.39 is 11.7 Å². The van der Waals surface area contributed by atoms with E-state index in [1.807, 2.05) is 71.9 Å². The van der Waals surface area contributed by atoms with Crippen LogP contribution in [0.4, 0.5) is 4.79 Å². The highest BCUT2D eigenvalue weighted by Crippen LogP contribution is 2.40. The Kier molecular flexibility index (Phi) is 9.94. The molecule has 3 N–H and O–H groups in total. The molecule has 36 heavy (non-hydrogen) atoms. The molecular weight excluding hydrogens is 460 g/mol. The molecule has 0 radical (unpaired) electrons. The van der Waals surface area contributed by atoms with Gasteiger partial charge in [-0.25, -0.2) is 4.79 Å². The molecule has 2 aliphatic rings. The molecule has 0 heterocycles. The average molecular weight is 505 g/mol. The third-order valence-electron chi connectivity index (χ3n) is 5.80. The van der Waals surface area contributed by atoms with Gasteiger partial charge in [0.2, 0.25) is 0 Å². The van der Waals surface area contributed by atoms with Gasteiger partial charge in [0.25, 0.3) is 0 Å². The lowest BCUT2D eigenvalue weighted by Crippen LogP contribution is -2.38. The smallest absolute Gasteiger partial charge is 0.407 e. The molecule has 2 fully saturated rings. The Morgan fingerprint density at radius 1 is 0.833 bits per heavy atom.